The molecule has 3 rings (SSSR count). The van der Waals surface area contributed by atoms with Crippen molar-refractivity contribution in [2.45, 2.75) is 11.7 Å². The van der Waals surface area contributed by atoms with Crippen LogP contribution in [0.15, 0.2) is 70.4 Å². The average molecular weight is 416 g/mol. The maximum Gasteiger partial charge on any atom is 0.272 e. The zero-order chi connectivity index (χ0) is 17.8. The van der Waals surface area contributed by atoms with Crippen LogP contribution in [0.2, 0.25) is 0 Å². The van der Waals surface area contributed by atoms with Crippen LogP contribution in [0.4, 0.5) is 0 Å². The first kappa shape index (κ1) is 17.8. The molecule has 0 aliphatic heterocycles. The van der Waals surface area contributed by atoms with Crippen molar-refractivity contribution in [2.75, 3.05) is 13.3 Å². The van der Waals surface area contributed by atoms with E-state index in [0.29, 0.717) is 12.2 Å². The standard InChI is InChI=1S/C19H18BrN3OS/c1-22(13-14-8-10-15(20)11-9-14)18(24)17-12-21-19(25-2)23(17)16-6-4-3-5-7-16/h3-12H,13H2,1-2H3. The monoisotopic (exact) mass is 415 g/mol. The van der Waals surface area contributed by atoms with Crippen molar-refractivity contribution in [1.29, 1.82) is 0 Å². The molecule has 0 saturated heterocycles. The molecule has 1 aromatic heterocycles. The number of amides is 1. The molecular weight excluding hydrogens is 398 g/mol. The summed E-state index contributed by atoms with van der Waals surface area (Å²) in [6.07, 6.45) is 3.61. The van der Waals surface area contributed by atoms with E-state index in [0.717, 1.165) is 20.9 Å². The van der Waals surface area contributed by atoms with Crippen molar-refractivity contribution < 1.29 is 4.79 Å². The first-order valence-electron chi connectivity index (χ1n) is 7.77. The highest BCUT2D eigenvalue weighted by Gasteiger charge is 2.20. The Hall–Kier alpha value is -2.05. The van der Waals surface area contributed by atoms with E-state index >= 15 is 0 Å². The van der Waals surface area contributed by atoms with Gasteiger partial charge in [-0.15, -0.1) is 0 Å². The summed E-state index contributed by atoms with van der Waals surface area (Å²) in [6, 6.07) is 17.8. The Labute approximate surface area is 160 Å². The molecule has 0 atom stereocenters. The normalized spacial score (nSPS) is 10.7. The number of carbonyl (C=O) groups excluding carboxylic acids is 1. The van der Waals surface area contributed by atoms with E-state index < -0.39 is 0 Å². The van der Waals surface area contributed by atoms with Gasteiger partial charge in [-0.2, -0.15) is 0 Å². The fourth-order valence-corrected chi connectivity index (χ4v) is 3.40. The van der Waals surface area contributed by atoms with Crippen molar-refractivity contribution in [1.82, 2.24) is 14.5 Å². The van der Waals surface area contributed by atoms with E-state index in [-0.39, 0.29) is 5.91 Å². The second kappa shape index (κ2) is 7.89. The van der Waals surface area contributed by atoms with Crippen LogP contribution in [0.25, 0.3) is 5.69 Å². The van der Waals surface area contributed by atoms with Crippen molar-refractivity contribution in [2.24, 2.45) is 0 Å². The van der Waals surface area contributed by atoms with Gasteiger partial charge in [0.25, 0.3) is 5.91 Å². The minimum Gasteiger partial charge on any atom is -0.336 e. The fraction of sp³-hybridized carbons (Fsp3) is 0.158. The predicted molar refractivity (Wildman–Crippen MR) is 105 cm³/mol. The van der Waals surface area contributed by atoms with E-state index in [4.69, 9.17) is 0 Å². The van der Waals surface area contributed by atoms with Crippen molar-refractivity contribution in [3.63, 3.8) is 0 Å². The summed E-state index contributed by atoms with van der Waals surface area (Å²) >= 11 is 4.95. The number of hydrogen-bond donors (Lipinski definition) is 0. The highest BCUT2D eigenvalue weighted by molar-refractivity contribution is 9.10. The molecule has 3 aromatic rings. The molecule has 1 amide bonds. The predicted octanol–water partition coefficient (Wildman–Crippen LogP) is 4.63. The molecule has 0 spiro atoms. The Morgan fingerprint density at radius 2 is 1.84 bits per heavy atom. The second-order valence-electron chi connectivity index (χ2n) is 5.59. The second-order valence-corrected chi connectivity index (χ2v) is 7.28. The summed E-state index contributed by atoms with van der Waals surface area (Å²) in [5.41, 5.74) is 2.58. The Morgan fingerprint density at radius 1 is 1.16 bits per heavy atom. The molecule has 6 heteroatoms. The summed E-state index contributed by atoms with van der Waals surface area (Å²) < 4.78 is 2.93. The van der Waals surface area contributed by atoms with Gasteiger partial charge in [0.15, 0.2) is 5.16 Å². The first-order chi connectivity index (χ1) is 12.1. The highest BCUT2D eigenvalue weighted by atomic mass is 79.9. The Bertz CT molecular complexity index is 862. The number of hydrogen-bond acceptors (Lipinski definition) is 3. The number of nitrogens with zero attached hydrogens (tertiary/aromatic N) is 3. The number of rotatable bonds is 5. The Kier molecular flexibility index (Phi) is 5.60. The summed E-state index contributed by atoms with van der Waals surface area (Å²) in [4.78, 5) is 19.1. The molecule has 0 aliphatic carbocycles. The molecule has 1 heterocycles. The highest BCUT2D eigenvalue weighted by Crippen LogP contribution is 2.23. The summed E-state index contributed by atoms with van der Waals surface area (Å²) in [5.74, 6) is -0.0560. The zero-order valence-electron chi connectivity index (χ0n) is 14.0. The number of carbonyl (C=O) groups is 1. The Morgan fingerprint density at radius 3 is 2.48 bits per heavy atom. The van der Waals surface area contributed by atoms with Gasteiger partial charge < -0.3 is 4.90 Å². The van der Waals surface area contributed by atoms with Gasteiger partial charge in [0.1, 0.15) is 5.69 Å². The lowest BCUT2D eigenvalue weighted by Crippen LogP contribution is -2.28. The number of thioether (sulfide) groups is 1. The topological polar surface area (TPSA) is 38.1 Å². The van der Waals surface area contributed by atoms with Crippen molar-refractivity contribution >= 4 is 33.6 Å². The third-order valence-electron chi connectivity index (χ3n) is 3.83. The van der Waals surface area contributed by atoms with Gasteiger partial charge in [0.2, 0.25) is 0 Å². The fourth-order valence-electron chi connectivity index (χ4n) is 2.59. The van der Waals surface area contributed by atoms with Crippen LogP contribution in [0.5, 0.6) is 0 Å². The van der Waals surface area contributed by atoms with Crippen LogP contribution in [0.1, 0.15) is 16.1 Å². The van der Waals surface area contributed by atoms with Gasteiger partial charge >= 0.3 is 0 Å². The van der Waals surface area contributed by atoms with E-state index in [1.165, 1.54) is 11.8 Å². The molecule has 0 fully saturated rings. The van der Waals surface area contributed by atoms with E-state index in [1.54, 1.807) is 11.1 Å². The van der Waals surface area contributed by atoms with Gasteiger partial charge in [-0.1, -0.05) is 58.0 Å². The minimum atomic E-state index is -0.0560. The van der Waals surface area contributed by atoms with Gasteiger partial charge in [-0.25, -0.2) is 4.98 Å². The summed E-state index contributed by atoms with van der Waals surface area (Å²) in [6.45, 7) is 0.542. The average Bonchev–Trinajstić information content (AvgIpc) is 3.07. The van der Waals surface area contributed by atoms with Crippen LogP contribution in [0.3, 0.4) is 0 Å². The van der Waals surface area contributed by atoms with Gasteiger partial charge in [0, 0.05) is 23.8 Å². The first-order valence-corrected chi connectivity index (χ1v) is 9.79. The van der Waals surface area contributed by atoms with Crippen molar-refractivity contribution in [3.8, 4) is 5.69 Å². The SMILES string of the molecule is CSc1ncc(C(=O)N(C)Cc2ccc(Br)cc2)n1-c1ccccc1. The Balaban J connectivity index is 1.89. The van der Waals surface area contributed by atoms with Gasteiger partial charge in [0.05, 0.1) is 6.20 Å². The van der Waals surface area contributed by atoms with Crippen LogP contribution in [-0.4, -0.2) is 33.7 Å². The number of para-hydroxylation sites is 1. The maximum atomic E-state index is 13.0. The maximum absolute atomic E-state index is 13.0. The lowest BCUT2D eigenvalue weighted by atomic mass is 10.2. The molecule has 0 unspecified atom stereocenters. The largest absolute Gasteiger partial charge is 0.336 e. The molecule has 4 nitrogen and oxygen atoms in total. The number of benzene rings is 2. The van der Waals surface area contributed by atoms with Gasteiger partial charge in [-0.3, -0.25) is 9.36 Å². The molecule has 0 bridgehead atoms. The zero-order valence-corrected chi connectivity index (χ0v) is 16.4. The van der Waals surface area contributed by atoms with Crippen LogP contribution in [-0.2, 0) is 6.54 Å². The summed E-state index contributed by atoms with van der Waals surface area (Å²) in [7, 11) is 1.81. The minimum absolute atomic E-state index is 0.0560. The smallest absolute Gasteiger partial charge is 0.272 e. The van der Waals surface area contributed by atoms with E-state index in [2.05, 4.69) is 20.9 Å². The quantitative estimate of drug-likeness (QED) is 0.570. The third-order valence-corrected chi connectivity index (χ3v) is 5.01. The molecule has 0 radical (unpaired) electrons. The molecule has 0 aliphatic rings. The molecular formula is C19H18BrN3OS. The molecule has 2 aromatic carbocycles. The van der Waals surface area contributed by atoms with Gasteiger partial charge in [-0.05, 0) is 36.1 Å². The number of aromatic nitrogens is 2. The molecule has 0 saturated carbocycles. The van der Waals surface area contributed by atoms with Crippen LogP contribution < -0.4 is 0 Å². The van der Waals surface area contributed by atoms with Crippen LogP contribution >= 0.6 is 27.7 Å². The molecule has 0 N–H and O–H groups in total. The summed E-state index contributed by atoms with van der Waals surface area (Å²) in [5, 5.41) is 0.798. The molecule has 25 heavy (non-hydrogen) atoms. The van der Waals surface area contributed by atoms with E-state index in [9.17, 15) is 4.79 Å². The van der Waals surface area contributed by atoms with Crippen molar-refractivity contribution in [3.05, 3.63) is 76.5 Å². The number of halogens is 1. The molecule has 128 valence electrons. The lowest BCUT2D eigenvalue weighted by molar-refractivity contribution is 0.0776. The van der Waals surface area contributed by atoms with E-state index in [1.807, 2.05) is 72.5 Å². The third kappa shape index (κ3) is 3.96. The lowest BCUT2D eigenvalue weighted by Gasteiger charge is -2.19. The number of imidazole rings is 1. The van der Waals surface area contributed by atoms with Crippen LogP contribution in [0, 0.1) is 0 Å².